The quantitative estimate of drug-likeness (QED) is 0.415. The van der Waals surface area contributed by atoms with Crippen LogP contribution >= 0.6 is 15.9 Å². The van der Waals surface area contributed by atoms with Crippen LogP contribution in [0.15, 0.2) is 46.4 Å². The van der Waals surface area contributed by atoms with Gasteiger partial charge in [0.05, 0.1) is 5.69 Å². The van der Waals surface area contributed by atoms with Crippen molar-refractivity contribution in [3.8, 4) is 11.5 Å². The first-order chi connectivity index (χ1) is 17.4. The fraction of sp³-hybridized carbons (Fsp3) is 0.393. The number of benzene rings is 2. The van der Waals surface area contributed by atoms with E-state index >= 15 is 0 Å². The molecule has 1 saturated heterocycles. The number of halogens is 1. The number of hydrogen-bond acceptors (Lipinski definition) is 5. The van der Waals surface area contributed by atoms with Gasteiger partial charge in [-0.25, -0.2) is 9.69 Å². The van der Waals surface area contributed by atoms with Crippen LogP contribution in [-0.4, -0.2) is 24.6 Å². The Morgan fingerprint density at radius 3 is 2.17 bits per heavy atom. The van der Waals surface area contributed by atoms with Crippen LogP contribution in [0.4, 0.5) is 10.5 Å². The minimum Gasteiger partial charge on any atom is -0.454 e. The Balaban J connectivity index is 1.19. The molecule has 0 aromatic heterocycles. The number of nitrogens with one attached hydrogen (secondary N) is 1. The molecule has 184 valence electrons. The minimum atomic E-state index is -0.741. The van der Waals surface area contributed by atoms with Crippen LogP contribution in [0, 0.1) is 17.8 Å². The fourth-order valence-electron chi connectivity index (χ4n) is 7.52. The van der Waals surface area contributed by atoms with Crippen LogP contribution in [0.25, 0.3) is 6.08 Å². The molecule has 4 saturated carbocycles. The Kier molecular flexibility index (Phi) is 4.87. The second-order valence-electron chi connectivity index (χ2n) is 10.9. The zero-order valence-corrected chi connectivity index (χ0v) is 21.2. The molecule has 4 bridgehead atoms. The number of imide groups is 2. The van der Waals surface area contributed by atoms with Gasteiger partial charge in [0.1, 0.15) is 5.57 Å². The van der Waals surface area contributed by atoms with Crippen LogP contribution in [0.1, 0.15) is 49.7 Å². The molecule has 0 radical (unpaired) electrons. The summed E-state index contributed by atoms with van der Waals surface area (Å²) in [6.07, 6.45) is 9.33. The second-order valence-corrected chi connectivity index (χ2v) is 11.8. The van der Waals surface area contributed by atoms with Gasteiger partial charge in [-0.05, 0) is 103 Å². The maximum absolute atomic E-state index is 13.4. The average Bonchev–Trinajstić information content (AvgIpc) is 3.28. The monoisotopic (exact) mass is 548 g/mol. The molecular weight excluding hydrogens is 524 g/mol. The highest BCUT2D eigenvalue weighted by Gasteiger charge is 2.51. The van der Waals surface area contributed by atoms with E-state index in [9.17, 15) is 14.4 Å². The number of urea groups is 1. The number of barbiturate groups is 1. The number of hydrogen-bond donors (Lipinski definition) is 1. The SMILES string of the molecule is O=C1NC(=O)N(c2ccc(C34CC5CC(CC(C5)C3)C4)cc2)C(=O)C1=Cc1cc2c(cc1Br)OCO2. The summed E-state index contributed by atoms with van der Waals surface area (Å²) in [7, 11) is 0. The molecule has 0 spiro atoms. The first-order valence-corrected chi connectivity index (χ1v) is 13.3. The Morgan fingerprint density at radius 2 is 1.53 bits per heavy atom. The summed E-state index contributed by atoms with van der Waals surface area (Å²) in [5, 5.41) is 2.31. The topological polar surface area (TPSA) is 84.9 Å². The average molecular weight is 549 g/mol. The van der Waals surface area contributed by atoms with Crippen molar-refractivity contribution >= 4 is 45.5 Å². The van der Waals surface area contributed by atoms with Gasteiger partial charge >= 0.3 is 6.03 Å². The highest BCUT2D eigenvalue weighted by molar-refractivity contribution is 9.10. The van der Waals surface area contributed by atoms with Crippen molar-refractivity contribution in [1.29, 1.82) is 0 Å². The van der Waals surface area contributed by atoms with Crippen LogP contribution < -0.4 is 19.7 Å². The highest BCUT2D eigenvalue weighted by Crippen LogP contribution is 2.60. The predicted octanol–water partition coefficient (Wildman–Crippen LogP) is 5.31. The first kappa shape index (κ1) is 22.1. The molecule has 36 heavy (non-hydrogen) atoms. The lowest BCUT2D eigenvalue weighted by atomic mass is 9.48. The van der Waals surface area contributed by atoms with Crippen molar-refractivity contribution in [2.24, 2.45) is 17.8 Å². The number of rotatable bonds is 3. The molecule has 6 aliphatic rings. The molecule has 2 aromatic carbocycles. The molecule has 2 aromatic rings. The van der Waals surface area contributed by atoms with Crippen LogP contribution in [0.3, 0.4) is 0 Å². The lowest BCUT2D eigenvalue weighted by molar-refractivity contribution is -0.122. The molecule has 5 fully saturated rings. The van der Waals surface area contributed by atoms with Gasteiger partial charge in [0.15, 0.2) is 11.5 Å². The number of anilines is 1. The smallest absolute Gasteiger partial charge is 0.335 e. The van der Waals surface area contributed by atoms with E-state index in [1.165, 1.54) is 50.2 Å². The number of carbonyl (C=O) groups is 3. The Labute approximate surface area is 216 Å². The molecule has 0 unspecified atom stereocenters. The zero-order chi connectivity index (χ0) is 24.6. The number of amides is 4. The Morgan fingerprint density at radius 1 is 0.917 bits per heavy atom. The molecule has 1 N–H and O–H groups in total. The second kappa shape index (κ2) is 7.93. The van der Waals surface area contributed by atoms with E-state index < -0.39 is 17.8 Å². The van der Waals surface area contributed by atoms with Crippen LogP contribution in [0.2, 0.25) is 0 Å². The molecule has 2 aliphatic heterocycles. The van der Waals surface area contributed by atoms with Crippen molar-refractivity contribution in [3.63, 3.8) is 0 Å². The van der Waals surface area contributed by atoms with E-state index in [1.807, 2.05) is 12.1 Å². The minimum absolute atomic E-state index is 0.114. The van der Waals surface area contributed by atoms with Crippen molar-refractivity contribution in [2.45, 2.75) is 43.9 Å². The molecular formula is C28H25BrN2O5. The molecule has 7 nitrogen and oxygen atoms in total. The third kappa shape index (κ3) is 3.41. The van der Waals surface area contributed by atoms with E-state index in [0.717, 1.165) is 22.7 Å². The summed E-state index contributed by atoms with van der Waals surface area (Å²) in [5.41, 5.74) is 2.44. The summed E-state index contributed by atoms with van der Waals surface area (Å²) < 4.78 is 11.4. The molecule has 8 rings (SSSR count). The van der Waals surface area contributed by atoms with Gasteiger partial charge in [-0.3, -0.25) is 14.9 Å². The Hall–Kier alpha value is -3.13. The van der Waals surface area contributed by atoms with Crippen LogP contribution in [-0.2, 0) is 15.0 Å². The molecule has 2 heterocycles. The lowest BCUT2D eigenvalue weighted by Gasteiger charge is -2.57. The maximum Gasteiger partial charge on any atom is 0.335 e. The lowest BCUT2D eigenvalue weighted by Crippen LogP contribution is -2.54. The van der Waals surface area contributed by atoms with Gasteiger partial charge in [-0.15, -0.1) is 0 Å². The van der Waals surface area contributed by atoms with Gasteiger partial charge in [0.2, 0.25) is 6.79 Å². The van der Waals surface area contributed by atoms with Gasteiger partial charge in [-0.2, -0.15) is 0 Å². The van der Waals surface area contributed by atoms with E-state index in [4.69, 9.17) is 9.47 Å². The summed E-state index contributed by atoms with van der Waals surface area (Å²) in [6.45, 7) is 0.114. The first-order valence-electron chi connectivity index (χ1n) is 12.5. The number of ether oxygens (including phenoxy) is 2. The maximum atomic E-state index is 13.4. The summed E-state index contributed by atoms with van der Waals surface area (Å²) >= 11 is 3.46. The third-order valence-electron chi connectivity index (χ3n) is 8.67. The summed E-state index contributed by atoms with van der Waals surface area (Å²) in [5.74, 6) is 2.23. The molecule has 4 amide bonds. The van der Waals surface area contributed by atoms with Gasteiger partial charge < -0.3 is 9.47 Å². The highest BCUT2D eigenvalue weighted by atomic mass is 79.9. The van der Waals surface area contributed by atoms with E-state index in [0.29, 0.717) is 27.2 Å². The Bertz CT molecular complexity index is 1310. The van der Waals surface area contributed by atoms with E-state index in [-0.39, 0.29) is 17.8 Å². The molecule has 8 heteroatoms. The van der Waals surface area contributed by atoms with Crippen molar-refractivity contribution in [1.82, 2.24) is 5.32 Å². The largest absolute Gasteiger partial charge is 0.454 e. The summed E-state index contributed by atoms with van der Waals surface area (Å²) in [6, 6.07) is 10.5. The molecule has 0 atom stereocenters. The van der Waals surface area contributed by atoms with Gasteiger partial charge in [0, 0.05) is 4.47 Å². The normalized spacial score (nSPS) is 31.4. The van der Waals surface area contributed by atoms with E-state index in [1.54, 1.807) is 12.1 Å². The number of carbonyl (C=O) groups excluding carboxylic acids is 3. The predicted molar refractivity (Wildman–Crippen MR) is 136 cm³/mol. The van der Waals surface area contributed by atoms with Crippen LogP contribution in [0.5, 0.6) is 11.5 Å². The van der Waals surface area contributed by atoms with Crippen molar-refractivity contribution < 1.29 is 23.9 Å². The van der Waals surface area contributed by atoms with E-state index in [2.05, 4.69) is 33.4 Å². The number of nitrogens with zero attached hydrogens (tertiary/aromatic N) is 1. The van der Waals surface area contributed by atoms with Crippen molar-refractivity contribution in [2.75, 3.05) is 11.7 Å². The van der Waals surface area contributed by atoms with Crippen molar-refractivity contribution in [3.05, 3.63) is 57.6 Å². The number of fused-ring (bicyclic) bond motifs is 1. The third-order valence-corrected chi connectivity index (χ3v) is 9.36. The fourth-order valence-corrected chi connectivity index (χ4v) is 7.96. The molecule has 4 aliphatic carbocycles. The van der Waals surface area contributed by atoms with Gasteiger partial charge in [-0.1, -0.05) is 28.1 Å². The zero-order valence-electron chi connectivity index (χ0n) is 19.6. The standard InChI is InChI=1S/C28H25BrN2O5/c29-22-10-24-23(35-14-36-24)9-18(22)8-21-25(32)30-27(34)31(26(21)33)20-3-1-19(2-4-20)28-11-15-5-16(12-28)7-17(6-15)13-28/h1-4,8-10,15-17H,5-7,11-14H2,(H,30,32,34). The summed E-state index contributed by atoms with van der Waals surface area (Å²) in [4.78, 5) is 39.8. The van der Waals surface area contributed by atoms with Gasteiger partial charge in [0.25, 0.3) is 11.8 Å².